The first-order valence-electron chi connectivity index (χ1n) is 10.6. The Kier molecular flexibility index (Phi) is 6.32. The number of rotatable bonds is 8. The van der Waals surface area contributed by atoms with E-state index < -0.39 is 0 Å². The number of thiazole rings is 1. The Morgan fingerprint density at radius 1 is 1.28 bits per heavy atom. The summed E-state index contributed by atoms with van der Waals surface area (Å²) in [4.78, 5) is 21.8. The SMILES string of the molecule is CC(C)OCC(=O)N1CC2CN(Cc3cscn3)CC2(CCc2ccccc2)C1. The second-order valence-electron chi connectivity index (χ2n) is 8.83. The Bertz CT molecular complexity index is 796. The molecular formula is C23H31N3O2S. The Hall–Kier alpha value is -1.76. The van der Waals surface area contributed by atoms with E-state index in [9.17, 15) is 4.79 Å². The van der Waals surface area contributed by atoms with Crippen LogP contribution >= 0.6 is 11.3 Å². The molecule has 0 radical (unpaired) electrons. The number of benzene rings is 1. The van der Waals surface area contributed by atoms with E-state index in [1.807, 2.05) is 19.4 Å². The molecule has 2 aromatic rings. The summed E-state index contributed by atoms with van der Waals surface area (Å²) in [7, 11) is 0. The van der Waals surface area contributed by atoms with Gasteiger partial charge in [-0.3, -0.25) is 9.69 Å². The van der Waals surface area contributed by atoms with E-state index in [1.165, 1.54) is 5.56 Å². The molecule has 0 spiro atoms. The van der Waals surface area contributed by atoms with Gasteiger partial charge in [0, 0.05) is 43.5 Å². The van der Waals surface area contributed by atoms with Crippen molar-refractivity contribution in [2.45, 2.75) is 39.3 Å². The summed E-state index contributed by atoms with van der Waals surface area (Å²) in [6, 6.07) is 10.7. The van der Waals surface area contributed by atoms with Crippen LogP contribution in [0, 0.1) is 11.3 Å². The minimum atomic E-state index is 0.0849. The average molecular weight is 414 g/mol. The summed E-state index contributed by atoms with van der Waals surface area (Å²) in [5.41, 5.74) is 4.62. The van der Waals surface area contributed by atoms with Crippen LogP contribution in [0.5, 0.6) is 0 Å². The molecule has 3 heterocycles. The van der Waals surface area contributed by atoms with Crippen molar-refractivity contribution in [3.63, 3.8) is 0 Å². The summed E-state index contributed by atoms with van der Waals surface area (Å²) in [5, 5.41) is 2.14. The molecule has 4 rings (SSSR count). The molecule has 156 valence electrons. The van der Waals surface area contributed by atoms with Crippen LogP contribution in [-0.2, 0) is 22.5 Å². The van der Waals surface area contributed by atoms with Crippen LogP contribution < -0.4 is 0 Å². The molecule has 2 aliphatic rings. The fraction of sp³-hybridized carbons (Fsp3) is 0.565. The minimum Gasteiger partial charge on any atom is -0.369 e. The number of aromatic nitrogens is 1. The zero-order valence-electron chi connectivity index (χ0n) is 17.4. The van der Waals surface area contributed by atoms with E-state index in [0.717, 1.165) is 51.3 Å². The zero-order chi connectivity index (χ0) is 20.3. The fourth-order valence-electron chi connectivity index (χ4n) is 4.87. The van der Waals surface area contributed by atoms with Crippen LogP contribution in [-0.4, -0.2) is 59.6 Å². The number of carbonyl (C=O) groups excluding carboxylic acids is 1. The lowest BCUT2D eigenvalue weighted by Crippen LogP contribution is -2.38. The van der Waals surface area contributed by atoms with Crippen LogP contribution in [0.4, 0.5) is 0 Å². The molecule has 0 saturated carbocycles. The third-order valence-electron chi connectivity index (χ3n) is 6.35. The monoisotopic (exact) mass is 413 g/mol. The third-order valence-corrected chi connectivity index (χ3v) is 6.98. The second-order valence-corrected chi connectivity index (χ2v) is 9.55. The smallest absolute Gasteiger partial charge is 0.248 e. The third kappa shape index (κ3) is 4.87. The quantitative estimate of drug-likeness (QED) is 0.665. The van der Waals surface area contributed by atoms with Crippen molar-refractivity contribution < 1.29 is 9.53 Å². The standard InChI is InChI=1S/C23H31N3O2S/c1-18(2)28-13-22(27)26-11-20-10-25(12-21-14-29-17-24-21)15-23(20,16-26)9-8-19-6-4-3-5-7-19/h3-7,14,17-18,20H,8-13,15-16H2,1-2H3. The number of aryl methyl sites for hydroxylation is 1. The minimum absolute atomic E-state index is 0.0849. The molecule has 0 bridgehead atoms. The Labute approximate surface area is 177 Å². The molecular weight excluding hydrogens is 382 g/mol. The maximum atomic E-state index is 12.7. The molecule has 2 atom stereocenters. The number of likely N-dealkylation sites (tertiary alicyclic amines) is 2. The molecule has 1 aromatic heterocycles. The lowest BCUT2D eigenvalue weighted by atomic mass is 9.76. The van der Waals surface area contributed by atoms with Crippen molar-refractivity contribution in [1.82, 2.24) is 14.8 Å². The summed E-state index contributed by atoms with van der Waals surface area (Å²) < 4.78 is 5.58. The van der Waals surface area contributed by atoms with E-state index in [2.05, 4.69) is 50.5 Å². The maximum absolute atomic E-state index is 12.7. The van der Waals surface area contributed by atoms with Crippen molar-refractivity contribution in [2.75, 3.05) is 32.8 Å². The van der Waals surface area contributed by atoms with Gasteiger partial charge >= 0.3 is 0 Å². The van der Waals surface area contributed by atoms with Gasteiger partial charge < -0.3 is 9.64 Å². The van der Waals surface area contributed by atoms with Gasteiger partial charge in [0.25, 0.3) is 0 Å². The summed E-state index contributed by atoms with van der Waals surface area (Å²) >= 11 is 1.66. The summed E-state index contributed by atoms with van der Waals surface area (Å²) in [6.45, 7) is 8.84. The van der Waals surface area contributed by atoms with Crippen molar-refractivity contribution in [2.24, 2.45) is 11.3 Å². The summed E-state index contributed by atoms with van der Waals surface area (Å²) in [5.74, 6) is 0.658. The fourth-order valence-corrected chi connectivity index (χ4v) is 5.42. The second kappa shape index (κ2) is 8.94. The summed E-state index contributed by atoms with van der Waals surface area (Å²) in [6.07, 6.45) is 2.26. The average Bonchev–Trinajstić information content (AvgIpc) is 3.40. The van der Waals surface area contributed by atoms with Gasteiger partial charge in [-0.15, -0.1) is 11.3 Å². The number of nitrogens with zero attached hydrogens (tertiary/aromatic N) is 3. The van der Waals surface area contributed by atoms with Crippen LogP contribution in [0.25, 0.3) is 0 Å². The molecule has 1 aromatic carbocycles. The van der Waals surface area contributed by atoms with Gasteiger partial charge in [0.15, 0.2) is 0 Å². The molecule has 0 N–H and O–H groups in total. The first-order valence-corrected chi connectivity index (χ1v) is 11.5. The molecule has 2 fully saturated rings. The molecule has 5 nitrogen and oxygen atoms in total. The molecule has 1 amide bonds. The Morgan fingerprint density at radius 3 is 2.83 bits per heavy atom. The Balaban J connectivity index is 1.45. The predicted molar refractivity (Wildman–Crippen MR) is 116 cm³/mol. The maximum Gasteiger partial charge on any atom is 0.248 e. The van der Waals surface area contributed by atoms with E-state index in [4.69, 9.17) is 4.74 Å². The number of hydrogen-bond donors (Lipinski definition) is 0. The van der Waals surface area contributed by atoms with Gasteiger partial charge in [0.1, 0.15) is 6.61 Å². The van der Waals surface area contributed by atoms with Crippen LogP contribution in [0.15, 0.2) is 41.2 Å². The number of carbonyl (C=O) groups is 1. The highest BCUT2D eigenvalue weighted by molar-refractivity contribution is 7.07. The lowest BCUT2D eigenvalue weighted by molar-refractivity contribution is -0.137. The van der Waals surface area contributed by atoms with Crippen molar-refractivity contribution >= 4 is 17.2 Å². The largest absolute Gasteiger partial charge is 0.369 e. The van der Waals surface area contributed by atoms with Gasteiger partial charge in [0.2, 0.25) is 5.91 Å². The van der Waals surface area contributed by atoms with Crippen LogP contribution in [0.1, 0.15) is 31.5 Å². The highest BCUT2D eigenvalue weighted by Crippen LogP contribution is 2.46. The van der Waals surface area contributed by atoms with Gasteiger partial charge in [-0.25, -0.2) is 4.98 Å². The van der Waals surface area contributed by atoms with E-state index in [-0.39, 0.29) is 24.0 Å². The molecule has 0 aliphatic carbocycles. The van der Waals surface area contributed by atoms with Crippen LogP contribution in [0.3, 0.4) is 0 Å². The lowest BCUT2D eigenvalue weighted by Gasteiger charge is -2.29. The number of hydrogen-bond acceptors (Lipinski definition) is 5. The van der Waals surface area contributed by atoms with Crippen molar-refractivity contribution in [1.29, 1.82) is 0 Å². The van der Waals surface area contributed by atoms with Crippen LogP contribution in [0.2, 0.25) is 0 Å². The highest BCUT2D eigenvalue weighted by atomic mass is 32.1. The zero-order valence-corrected chi connectivity index (χ0v) is 18.2. The first kappa shape index (κ1) is 20.5. The molecule has 29 heavy (non-hydrogen) atoms. The molecule has 2 unspecified atom stereocenters. The van der Waals surface area contributed by atoms with Gasteiger partial charge in [0.05, 0.1) is 17.3 Å². The molecule has 6 heteroatoms. The highest BCUT2D eigenvalue weighted by Gasteiger charge is 2.52. The predicted octanol–water partition coefficient (Wildman–Crippen LogP) is 3.46. The number of fused-ring (bicyclic) bond motifs is 1. The molecule has 2 aliphatic heterocycles. The van der Waals surface area contributed by atoms with E-state index in [0.29, 0.717) is 5.92 Å². The number of amides is 1. The normalized spacial score (nSPS) is 24.4. The first-order chi connectivity index (χ1) is 14.0. The topological polar surface area (TPSA) is 45.7 Å². The Morgan fingerprint density at radius 2 is 2.10 bits per heavy atom. The van der Waals surface area contributed by atoms with Gasteiger partial charge in [-0.05, 0) is 38.2 Å². The van der Waals surface area contributed by atoms with E-state index in [1.54, 1.807) is 11.3 Å². The van der Waals surface area contributed by atoms with Crippen molar-refractivity contribution in [3.05, 3.63) is 52.5 Å². The van der Waals surface area contributed by atoms with Gasteiger partial charge in [-0.1, -0.05) is 30.3 Å². The number of ether oxygens (including phenoxy) is 1. The van der Waals surface area contributed by atoms with Gasteiger partial charge in [-0.2, -0.15) is 0 Å². The van der Waals surface area contributed by atoms with E-state index >= 15 is 0 Å². The molecule has 2 saturated heterocycles. The van der Waals surface area contributed by atoms with Crippen molar-refractivity contribution in [3.8, 4) is 0 Å².